The molecule has 7 nitrogen and oxygen atoms in total. The average molecular weight is 305 g/mol. The van der Waals surface area contributed by atoms with Gasteiger partial charge in [0, 0.05) is 19.7 Å². The van der Waals surface area contributed by atoms with Crippen molar-refractivity contribution in [3.05, 3.63) is 0 Å². The van der Waals surface area contributed by atoms with Crippen molar-refractivity contribution in [1.82, 2.24) is 4.90 Å². The summed E-state index contributed by atoms with van der Waals surface area (Å²) in [4.78, 5) is 13.2. The number of aliphatic hydroxyl groups excluding tert-OH is 1. The number of carboxylic acids is 1. The van der Waals surface area contributed by atoms with Gasteiger partial charge in [-0.2, -0.15) is 0 Å². The minimum atomic E-state index is -0.843. The van der Waals surface area contributed by atoms with Gasteiger partial charge in [-0.1, -0.05) is 6.92 Å². The van der Waals surface area contributed by atoms with Crippen LogP contribution in [0.25, 0.3) is 0 Å². The van der Waals surface area contributed by atoms with Crippen LogP contribution in [0.4, 0.5) is 0 Å². The summed E-state index contributed by atoms with van der Waals surface area (Å²) in [6.45, 7) is 4.92. The molecule has 124 valence electrons. The Morgan fingerprint density at radius 2 is 2.19 bits per heavy atom. The lowest BCUT2D eigenvalue weighted by molar-refractivity contribution is -0.143. The van der Waals surface area contributed by atoms with Gasteiger partial charge < -0.3 is 24.4 Å². The van der Waals surface area contributed by atoms with Crippen LogP contribution < -0.4 is 0 Å². The van der Waals surface area contributed by atoms with Gasteiger partial charge in [0.25, 0.3) is 0 Å². The van der Waals surface area contributed by atoms with E-state index in [0.717, 1.165) is 13.0 Å². The van der Waals surface area contributed by atoms with Crippen molar-refractivity contribution in [2.24, 2.45) is 5.92 Å². The summed E-state index contributed by atoms with van der Waals surface area (Å²) in [5.41, 5.74) is 0. The monoisotopic (exact) mass is 305 g/mol. The van der Waals surface area contributed by atoms with E-state index in [9.17, 15) is 15.0 Å². The maximum Gasteiger partial charge on any atom is 0.310 e. The van der Waals surface area contributed by atoms with E-state index in [4.69, 9.17) is 14.2 Å². The number of carbonyl (C=O) groups is 1. The lowest BCUT2D eigenvalue weighted by atomic mass is 10.0. The number of carboxylic acid groups (broad SMARTS) is 1. The van der Waals surface area contributed by atoms with Crippen LogP contribution in [0.5, 0.6) is 0 Å². The molecule has 1 fully saturated rings. The molecule has 0 aliphatic carbocycles. The largest absolute Gasteiger partial charge is 0.481 e. The minimum absolute atomic E-state index is 0.184. The van der Waals surface area contributed by atoms with Gasteiger partial charge in [0.15, 0.2) is 0 Å². The fourth-order valence-electron chi connectivity index (χ4n) is 2.50. The van der Waals surface area contributed by atoms with Crippen LogP contribution in [0.2, 0.25) is 0 Å². The molecule has 0 saturated carbocycles. The van der Waals surface area contributed by atoms with Gasteiger partial charge in [-0.15, -0.1) is 0 Å². The van der Waals surface area contributed by atoms with E-state index in [1.54, 1.807) is 7.11 Å². The van der Waals surface area contributed by atoms with Gasteiger partial charge in [0.1, 0.15) is 0 Å². The van der Waals surface area contributed by atoms with Crippen LogP contribution in [0.3, 0.4) is 0 Å². The zero-order chi connectivity index (χ0) is 15.7. The molecule has 0 radical (unpaired) electrons. The van der Waals surface area contributed by atoms with Crippen molar-refractivity contribution < 1.29 is 29.2 Å². The van der Waals surface area contributed by atoms with Gasteiger partial charge in [0.05, 0.1) is 45.1 Å². The normalized spacial score (nSPS) is 23.6. The number of hydrogen-bond acceptors (Lipinski definition) is 6. The molecule has 1 aliphatic rings. The summed E-state index contributed by atoms with van der Waals surface area (Å²) in [5.74, 6) is -1.37. The molecule has 2 N–H and O–H groups in total. The third-order valence-electron chi connectivity index (χ3n) is 3.53. The second-order valence-electron chi connectivity index (χ2n) is 5.27. The Labute approximate surface area is 125 Å². The smallest absolute Gasteiger partial charge is 0.310 e. The van der Waals surface area contributed by atoms with Gasteiger partial charge in [0.2, 0.25) is 0 Å². The molecule has 3 unspecified atom stereocenters. The van der Waals surface area contributed by atoms with Gasteiger partial charge in [-0.25, -0.2) is 0 Å². The first-order valence-corrected chi connectivity index (χ1v) is 7.39. The third-order valence-corrected chi connectivity index (χ3v) is 3.53. The predicted octanol–water partition coefficient (Wildman–Crippen LogP) is -0.178. The standard InChI is InChI=1S/C14H27NO6/c1-3-4-15(7-11(16)8-20-6-5-19-2)13-10-21-9-12(13)14(17)18/h11-13,16H,3-10H2,1-2H3,(H,17,18). The second-order valence-corrected chi connectivity index (χ2v) is 5.27. The van der Waals surface area contributed by atoms with E-state index in [2.05, 4.69) is 0 Å². The van der Waals surface area contributed by atoms with Gasteiger partial charge >= 0.3 is 5.97 Å². The first kappa shape index (κ1) is 18.3. The highest BCUT2D eigenvalue weighted by Gasteiger charge is 2.38. The number of nitrogens with zero attached hydrogens (tertiary/aromatic N) is 1. The first-order valence-electron chi connectivity index (χ1n) is 7.39. The van der Waals surface area contributed by atoms with Crippen molar-refractivity contribution >= 4 is 5.97 Å². The van der Waals surface area contributed by atoms with Crippen LogP contribution >= 0.6 is 0 Å². The highest BCUT2D eigenvalue weighted by Crippen LogP contribution is 2.20. The minimum Gasteiger partial charge on any atom is -0.481 e. The Kier molecular flexibility index (Phi) is 8.79. The molecule has 21 heavy (non-hydrogen) atoms. The van der Waals surface area contributed by atoms with Crippen molar-refractivity contribution in [3.8, 4) is 0 Å². The van der Waals surface area contributed by atoms with Gasteiger partial charge in [-0.05, 0) is 13.0 Å². The van der Waals surface area contributed by atoms with Crippen LogP contribution in [0.15, 0.2) is 0 Å². The van der Waals surface area contributed by atoms with Crippen molar-refractivity contribution in [2.45, 2.75) is 25.5 Å². The molecule has 1 heterocycles. The number of aliphatic carboxylic acids is 1. The molecule has 0 amide bonds. The van der Waals surface area contributed by atoms with Crippen LogP contribution in [0, 0.1) is 5.92 Å². The number of rotatable bonds is 11. The average Bonchev–Trinajstić information content (AvgIpc) is 2.92. The highest BCUT2D eigenvalue weighted by atomic mass is 16.5. The lowest BCUT2D eigenvalue weighted by Gasteiger charge is -2.31. The maximum atomic E-state index is 11.2. The van der Waals surface area contributed by atoms with Crippen LogP contribution in [0.1, 0.15) is 13.3 Å². The Morgan fingerprint density at radius 3 is 2.81 bits per heavy atom. The molecular formula is C14H27NO6. The zero-order valence-corrected chi connectivity index (χ0v) is 12.9. The summed E-state index contributed by atoms with van der Waals surface area (Å²) in [6.07, 6.45) is 0.239. The van der Waals surface area contributed by atoms with Crippen LogP contribution in [-0.4, -0.2) is 86.5 Å². The van der Waals surface area contributed by atoms with E-state index >= 15 is 0 Å². The number of methoxy groups -OCH3 is 1. The number of aliphatic hydroxyl groups is 1. The van der Waals surface area contributed by atoms with E-state index in [0.29, 0.717) is 26.4 Å². The van der Waals surface area contributed by atoms with Crippen molar-refractivity contribution in [3.63, 3.8) is 0 Å². The topological polar surface area (TPSA) is 88.5 Å². The Bertz CT molecular complexity index is 301. The summed E-state index contributed by atoms with van der Waals surface area (Å²) < 4.78 is 15.5. The Balaban J connectivity index is 2.46. The van der Waals surface area contributed by atoms with E-state index < -0.39 is 18.0 Å². The highest BCUT2D eigenvalue weighted by molar-refractivity contribution is 5.71. The number of ether oxygens (including phenoxy) is 3. The molecule has 0 aromatic rings. The zero-order valence-electron chi connectivity index (χ0n) is 12.9. The second kappa shape index (κ2) is 10.1. The SMILES string of the molecule is CCCN(CC(O)COCCOC)C1COCC1C(=O)O. The summed E-state index contributed by atoms with van der Waals surface area (Å²) in [5, 5.41) is 19.3. The predicted molar refractivity (Wildman–Crippen MR) is 76.3 cm³/mol. The maximum absolute atomic E-state index is 11.2. The van der Waals surface area contributed by atoms with E-state index in [1.165, 1.54) is 0 Å². The summed E-state index contributed by atoms with van der Waals surface area (Å²) >= 11 is 0. The Morgan fingerprint density at radius 1 is 1.43 bits per heavy atom. The molecule has 3 atom stereocenters. The molecule has 7 heteroatoms. The number of hydrogen-bond donors (Lipinski definition) is 2. The first-order chi connectivity index (χ1) is 10.1. The third kappa shape index (κ3) is 6.27. The van der Waals surface area contributed by atoms with E-state index in [1.807, 2.05) is 11.8 Å². The fourth-order valence-corrected chi connectivity index (χ4v) is 2.50. The molecule has 0 spiro atoms. The summed E-state index contributed by atoms with van der Waals surface area (Å²) in [7, 11) is 1.59. The molecule has 1 aliphatic heterocycles. The molecule has 0 aromatic heterocycles. The van der Waals surface area contributed by atoms with Crippen molar-refractivity contribution in [2.75, 3.05) is 53.2 Å². The van der Waals surface area contributed by atoms with E-state index in [-0.39, 0.29) is 19.3 Å². The van der Waals surface area contributed by atoms with Gasteiger partial charge in [-0.3, -0.25) is 9.69 Å². The fraction of sp³-hybridized carbons (Fsp3) is 0.929. The molecule has 0 aromatic carbocycles. The molecule has 0 bridgehead atoms. The molecule has 1 rings (SSSR count). The van der Waals surface area contributed by atoms with Crippen LogP contribution in [-0.2, 0) is 19.0 Å². The molecular weight excluding hydrogens is 278 g/mol. The Hall–Kier alpha value is -0.730. The lowest BCUT2D eigenvalue weighted by Crippen LogP contribution is -2.47. The van der Waals surface area contributed by atoms with Crippen molar-refractivity contribution in [1.29, 1.82) is 0 Å². The molecule has 1 saturated heterocycles. The summed E-state index contributed by atoms with van der Waals surface area (Å²) in [6, 6.07) is -0.184. The quantitative estimate of drug-likeness (QED) is 0.512.